The van der Waals surface area contributed by atoms with Gasteiger partial charge in [0, 0.05) is 12.1 Å². The standard InChI is InChI=1S/C18H18N2O/c1-14-3-2-4-16(13-14)7-10-18(21)20-17-8-5-15(6-9-17)11-12-19/h2-6,8-9,13H,7,10-11H2,1H3,(H,20,21). The number of amides is 1. The molecule has 0 bridgehead atoms. The number of rotatable bonds is 5. The maximum absolute atomic E-state index is 11.9. The Morgan fingerprint density at radius 1 is 1.14 bits per heavy atom. The van der Waals surface area contributed by atoms with E-state index in [-0.39, 0.29) is 5.91 Å². The summed E-state index contributed by atoms with van der Waals surface area (Å²) < 4.78 is 0. The SMILES string of the molecule is Cc1cccc(CCC(=O)Nc2ccc(CC#N)cc2)c1. The third-order valence-electron chi connectivity index (χ3n) is 3.24. The Balaban J connectivity index is 1.85. The molecule has 0 heterocycles. The number of anilines is 1. The summed E-state index contributed by atoms with van der Waals surface area (Å²) in [7, 11) is 0. The minimum absolute atomic E-state index is 0.00420. The molecular formula is C18H18N2O. The van der Waals surface area contributed by atoms with Gasteiger partial charge in [0.05, 0.1) is 12.5 Å². The number of hydrogen-bond donors (Lipinski definition) is 1. The molecule has 2 aromatic carbocycles. The van der Waals surface area contributed by atoms with Gasteiger partial charge >= 0.3 is 0 Å². The first-order valence-corrected chi connectivity index (χ1v) is 6.98. The Hall–Kier alpha value is -2.60. The molecule has 0 saturated heterocycles. The molecule has 3 nitrogen and oxygen atoms in total. The smallest absolute Gasteiger partial charge is 0.224 e. The van der Waals surface area contributed by atoms with Crippen LogP contribution < -0.4 is 5.32 Å². The fraction of sp³-hybridized carbons (Fsp3) is 0.222. The van der Waals surface area contributed by atoms with Crippen molar-refractivity contribution < 1.29 is 4.79 Å². The van der Waals surface area contributed by atoms with Gasteiger partial charge in [0.15, 0.2) is 0 Å². The number of nitrogens with one attached hydrogen (secondary N) is 1. The second kappa shape index (κ2) is 7.25. The Labute approximate surface area is 125 Å². The van der Waals surface area contributed by atoms with E-state index in [2.05, 4.69) is 17.5 Å². The molecule has 2 aromatic rings. The number of carbonyl (C=O) groups is 1. The molecular weight excluding hydrogens is 260 g/mol. The van der Waals surface area contributed by atoms with Crippen molar-refractivity contribution in [1.29, 1.82) is 5.26 Å². The van der Waals surface area contributed by atoms with E-state index in [9.17, 15) is 4.79 Å². The molecule has 0 atom stereocenters. The summed E-state index contributed by atoms with van der Waals surface area (Å²) in [6, 6.07) is 17.7. The van der Waals surface area contributed by atoms with Crippen LogP contribution in [0.5, 0.6) is 0 Å². The number of carbonyl (C=O) groups excluding carboxylic acids is 1. The van der Waals surface area contributed by atoms with Crippen molar-refractivity contribution in [1.82, 2.24) is 0 Å². The number of nitrogens with zero attached hydrogens (tertiary/aromatic N) is 1. The van der Waals surface area contributed by atoms with Crippen LogP contribution in [0.2, 0.25) is 0 Å². The molecule has 106 valence electrons. The van der Waals surface area contributed by atoms with Crippen molar-refractivity contribution in [2.75, 3.05) is 5.32 Å². The van der Waals surface area contributed by atoms with E-state index in [1.165, 1.54) is 11.1 Å². The lowest BCUT2D eigenvalue weighted by molar-refractivity contribution is -0.116. The largest absolute Gasteiger partial charge is 0.326 e. The highest BCUT2D eigenvalue weighted by Gasteiger charge is 2.03. The number of hydrogen-bond acceptors (Lipinski definition) is 2. The normalized spacial score (nSPS) is 9.90. The number of benzene rings is 2. The van der Waals surface area contributed by atoms with Crippen molar-refractivity contribution in [2.24, 2.45) is 0 Å². The maximum atomic E-state index is 11.9. The predicted octanol–water partition coefficient (Wildman–Crippen LogP) is 3.63. The molecule has 21 heavy (non-hydrogen) atoms. The average molecular weight is 278 g/mol. The highest BCUT2D eigenvalue weighted by atomic mass is 16.1. The fourth-order valence-corrected chi connectivity index (χ4v) is 2.15. The first-order chi connectivity index (χ1) is 10.2. The van der Waals surface area contributed by atoms with E-state index in [1.807, 2.05) is 49.4 Å². The highest BCUT2D eigenvalue weighted by Crippen LogP contribution is 2.11. The van der Waals surface area contributed by atoms with Crippen LogP contribution in [0.4, 0.5) is 5.69 Å². The zero-order valence-electron chi connectivity index (χ0n) is 12.1. The monoisotopic (exact) mass is 278 g/mol. The van der Waals surface area contributed by atoms with Gasteiger partial charge in [-0.15, -0.1) is 0 Å². The zero-order chi connectivity index (χ0) is 15.1. The lowest BCUT2D eigenvalue weighted by Gasteiger charge is -2.06. The molecule has 0 aliphatic carbocycles. The molecule has 0 aliphatic heterocycles. The Bertz CT molecular complexity index is 654. The summed E-state index contributed by atoms with van der Waals surface area (Å²) in [6.07, 6.45) is 1.59. The Morgan fingerprint density at radius 2 is 1.90 bits per heavy atom. The molecule has 1 N–H and O–H groups in total. The van der Waals surface area contributed by atoms with Crippen LogP contribution in [0.3, 0.4) is 0 Å². The molecule has 0 fully saturated rings. The van der Waals surface area contributed by atoms with E-state index >= 15 is 0 Å². The van der Waals surface area contributed by atoms with Crippen molar-refractivity contribution in [2.45, 2.75) is 26.2 Å². The lowest BCUT2D eigenvalue weighted by Crippen LogP contribution is -2.12. The predicted molar refractivity (Wildman–Crippen MR) is 83.9 cm³/mol. The third kappa shape index (κ3) is 4.77. The van der Waals surface area contributed by atoms with Gasteiger partial charge in [-0.2, -0.15) is 5.26 Å². The Kier molecular flexibility index (Phi) is 5.11. The van der Waals surface area contributed by atoms with Gasteiger partial charge in [0.2, 0.25) is 5.91 Å². The number of nitriles is 1. The van der Waals surface area contributed by atoms with E-state index in [1.54, 1.807) is 0 Å². The Morgan fingerprint density at radius 3 is 2.57 bits per heavy atom. The first-order valence-electron chi connectivity index (χ1n) is 6.98. The first kappa shape index (κ1) is 14.8. The van der Waals surface area contributed by atoms with Gasteiger partial charge in [-0.3, -0.25) is 4.79 Å². The van der Waals surface area contributed by atoms with Crippen LogP contribution >= 0.6 is 0 Å². The minimum Gasteiger partial charge on any atom is -0.326 e. The summed E-state index contributed by atoms with van der Waals surface area (Å²) >= 11 is 0. The molecule has 0 aliphatic rings. The van der Waals surface area contributed by atoms with Gasteiger partial charge in [-0.05, 0) is 36.6 Å². The molecule has 0 aromatic heterocycles. The minimum atomic E-state index is 0.00420. The third-order valence-corrected chi connectivity index (χ3v) is 3.24. The van der Waals surface area contributed by atoms with Crippen molar-refractivity contribution in [3.63, 3.8) is 0 Å². The van der Waals surface area contributed by atoms with E-state index in [4.69, 9.17) is 5.26 Å². The molecule has 0 radical (unpaired) electrons. The highest BCUT2D eigenvalue weighted by molar-refractivity contribution is 5.90. The average Bonchev–Trinajstić information content (AvgIpc) is 2.48. The van der Waals surface area contributed by atoms with E-state index in [0.717, 1.165) is 17.7 Å². The topological polar surface area (TPSA) is 52.9 Å². The van der Waals surface area contributed by atoms with Crippen molar-refractivity contribution >= 4 is 11.6 Å². The summed E-state index contributed by atoms with van der Waals surface area (Å²) in [5, 5.41) is 11.5. The fourth-order valence-electron chi connectivity index (χ4n) is 2.15. The maximum Gasteiger partial charge on any atom is 0.224 e. The van der Waals surface area contributed by atoms with Crippen LogP contribution in [-0.2, 0) is 17.6 Å². The molecule has 3 heteroatoms. The van der Waals surface area contributed by atoms with Gasteiger partial charge in [0.1, 0.15) is 0 Å². The van der Waals surface area contributed by atoms with E-state index < -0.39 is 0 Å². The lowest BCUT2D eigenvalue weighted by atomic mass is 10.1. The molecule has 1 amide bonds. The van der Waals surface area contributed by atoms with Gasteiger partial charge in [-0.25, -0.2) is 0 Å². The van der Waals surface area contributed by atoms with Crippen molar-refractivity contribution in [3.8, 4) is 6.07 Å². The van der Waals surface area contributed by atoms with Crippen molar-refractivity contribution in [3.05, 3.63) is 65.2 Å². The summed E-state index contributed by atoms with van der Waals surface area (Å²) in [5.74, 6) is 0.00420. The van der Waals surface area contributed by atoms with Gasteiger partial charge in [-0.1, -0.05) is 42.0 Å². The van der Waals surface area contributed by atoms with Crippen LogP contribution in [-0.4, -0.2) is 5.91 Å². The van der Waals surface area contributed by atoms with E-state index in [0.29, 0.717) is 12.8 Å². The van der Waals surface area contributed by atoms with Crippen LogP contribution in [0.25, 0.3) is 0 Å². The summed E-state index contributed by atoms with van der Waals surface area (Å²) in [5.41, 5.74) is 4.11. The van der Waals surface area contributed by atoms with Crippen LogP contribution in [0.1, 0.15) is 23.1 Å². The van der Waals surface area contributed by atoms with Gasteiger partial charge in [0.25, 0.3) is 0 Å². The molecule has 2 rings (SSSR count). The second-order valence-corrected chi connectivity index (χ2v) is 5.07. The number of aryl methyl sites for hydroxylation is 2. The summed E-state index contributed by atoms with van der Waals surface area (Å²) in [4.78, 5) is 11.9. The van der Waals surface area contributed by atoms with Crippen LogP contribution in [0, 0.1) is 18.3 Å². The van der Waals surface area contributed by atoms with Crippen LogP contribution in [0.15, 0.2) is 48.5 Å². The zero-order valence-corrected chi connectivity index (χ0v) is 12.1. The molecule has 0 unspecified atom stereocenters. The second-order valence-electron chi connectivity index (χ2n) is 5.07. The summed E-state index contributed by atoms with van der Waals surface area (Å²) in [6.45, 7) is 2.05. The quantitative estimate of drug-likeness (QED) is 0.908. The molecule has 0 spiro atoms. The molecule has 0 saturated carbocycles. The van der Waals surface area contributed by atoms with Gasteiger partial charge < -0.3 is 5.32 Å².